The van der Waals surface area contributed by atoms with Crippen molar-refractivity contribution in [1.29, 1.82) is 0 Å². The number of hydrogen-bond acceptors (Lipinski definition) is 2. The lowest BCUT2D eigenvalue weighted by molar-refractivity contribution is 0.660. The maximum Gasteiger partial charge on any atom is 0.0492 e. The number of halogens is 1. The van der Waals surface area contributed by atoms with Gasteiger partial charge < -0.3 is 5.32 Å². The van der Waals surface area contributed by atoms with E-state index in [4.69, 9.17) is 0 Å². The number of nitrogens with one attached hydrogen (secondary N) is 1. The van der Waals surface area contributed by atoms with Gasteiger partial charge in [-0.05, 0) is 6.07 Å². The van der Waals surface area contributed by atoms with Crippen LogP contribution in [0.15, 0.2) is 12.3 Å². The zero-order valence-electron chi connectivity index (χ0n) is 7.26. The predicted octanol–water partition coefficient (Wildman–Crippen LogP) is 0.947. The second-order valence-electron chi connectivity index (χ2n) is 2.64. The van der Waals surface area contributed by atoms with Gasteiger partial charge in [0.25, 0.3) is 0 Å². The Morgan fingerprint density at radius 1 is 1.58 bits per heavy atom. The van der Waals surface area contributed by atoms with Crippen molar-refractivity contribution >= 4 is 15.9 Å². The molecule has 1 aromatic heterocycles. The number of hydrogen-bond donors (Lipinski definition) is 1. The molecular formula is C8H14BrN3. The van der Waals surface area contributed by atoms with Crippen molar-refractivity contribution in [1.82, 2.24) is 15.1 Å². The summed E-state index contributed by atoms with van der Waals surface area (Å²) in [5, 5.41) is 8.42. The summed E-state index contributed by atoms with van der Waals surface area (Å²) in [5.41, 5.74) is 1.28. The molecule has 0 aromatic carbocycles. The van der Waals surface area contributed by atoms with E-state index in [1.807, 2.05) is 17.9 Å². The Hall–Kier alpha value is -0.350. The van der Waals surface area contributed by atoms with E-state index in [-0.39, 0.29) is 0 Å². The first-order chi connectivity index (χ1) is 5.84. The van der Waals surface area contributed by atoms with Crippen LogP contribution in [0.1, 0.15) is 5.69 Å². The van der Waals surface area contributed by atoms with E-state index in [0.717, 1.165) is 24.8 Å². The molecule has 0 saturated carbocycles. The van der Waals surface area contributed by atoms with Crippen molar-refractivity contribution in [3.05, 3.63) is 18.0 Å². The van der Waals surface area contributed by atoms with E-state index in [1.165, 1.54) is 5.69 Å². The van der Waals surface area contributed by atoms with Crippen LogP contribution in [0.5, 0.6) is 0 Å². The Morgan fingerprint density at radius 2 is 2.42 bits per heavy atom. The van der Waals surface area contributed by atoms with Crippen LogP contribution in [-0.4, -0.2) is 28.2 Å². The number of alkyl halides is 1. The molecule has 0 aliphatic rings. The number of aromatic nitrogens is 2. The normalized spacial score (nSPS) is 10.5. The minimum atomic E-state index is 1.01. The molecule has 1 heterocycles. The summed E-state index contributed by atoms with van der Waals surface area (Å²) in [5.74, 6) is 0. The maximum atomic E-state index is 4.10. The SMILES string of the molecule is Cn1nccc1CCNCCBr. The summed E-state index contributed by atoms with van der Waals surface area (Å²) in [7, 11) is 1.97. The average Bonchev–Trinajstić information content (AvgIpc) is 2.46. The summed E-state index contributed by atoms with van der Waals surface area (Å²) in [4.78, 5) is 0. The Labute approximate surface area is 81.3 Å². The van der Waals surface area contributed by atoms with Crippen molar-refractivity contribution in [2.24, 2.45) is 7.05 Å². The minimum absolute atomic E-state index is 1.01. The Morgan fingerprint density at radius 3 is 3.00 bits per heavy atom. The number of rotatable bonds is 5. The highest BCUT2D eigenvalue weighted by atomic mass is 79.9. The standard InChI is InChI=1S/C8H14BrN3/c1-12-8(3-6-11-12)2-5-10-7-4-9/h3,6,10H,2,4-5,7H2,1H3. The van der Waals surface area contributed by atoms with E-state index < -0.39 is 0 Å². The zero-order valence-corrected chi connectivity index (χ0v) is 8.84. The third-order valence-corrected chi connectivity index (χ3v) is 2.15. The summed E-state index contributed by atoms with van der Waals surface area (Å²) in [6.45, 7) is 2.04. The van der Waals surface area contributed by atoms with Gasteiger partial charge >= 0.3 is 0 Å². The van der Waals surface area contributed by atoms with Crippen LogP contribution in [0, 0.1) is 0 Å². The predicted molar refractivity (Wildman–Crippen MR) is 53.6 cm³/mol. The molecule has 1 aromatic rings. The van der Waals surface area contributed by atoms with Crippen molar-refractivity contribution in [3.63, 3.8) is 0 Å². The second-order valence-corrected chi connectivity index (χ2v) is 3.43. The molecule has 0 bridgehead atoms. The molecule has 1 N–H and O–H groups in total. The summed E-state index contributed by atoms with van der Waals surface area (Å²) in [6.07, 6.45) is 2.88. The summed E-state index contributed by atoms with van der Waals surface area (Å²) < 4.78 is 1.91. The molecule has 0 radical (unpaired) electrons. The van der Waals surface area contributed by atoms with Crippen LogP contribution in [0.3, 0.4) is 0 Å². The Kier molecular flexibility index (Phi) is 4.32. The van der Waals surface area contributed by atoms with E-state index in [0.29, 0.717) is 0 Å². The molecule has 12 heavy (non-hydrogen) atoms. The summed E-state index contributed by atoms with van der Waals surface area (Å²) >= 11 is 3.36. The molecule has 0 aliphatic carbocycles. The van der Waals surface area contributed by atoms with E-state index >= 15 is 0 Å². The van der Waals surface area contributed by atoms with Crippen LogP contribution < -0.4 is 5.32 Å². The van der Waals surface area contributed by atoms with Gasteiger partial charge in [-0.3, -0.25) is 4.68 Å². The quantitative estimate of drug-likeness (QED) is 0.605. The van der Waals surface area contributed by atoms with Crippen LogP contribution >= 0.6 is 15.9 Å². The highest BCUT2D eigenvalue weighted by Gasteiger charge is 1.96. The monoisotopic (exact) mass is 231 g/mol. The molecule has 1 rings (SSSR count). The molecular weight excluding hydrogens is 218 g/mol. The molecule has 3 nitrogen and oxygen atoms in total. The molecule has 0 saturated heterocycles. The van der Waals surface area contributed by atoms with Gasteiger partial charge in [0.2, 0.25) is 0 Å². The first-order valence-electron chi connectivity index (χ1n) is 4.08. The topological polar surface area (TPSA) is 29.9 Å². The van der Waals surface area contributed by atoms with Crippen molar-refractivity contribution < 1.29 is 0 Å². The van der Waals surface area contributed by atoms with Gasteiger partial charge in [-0.1, -0.05) is 15.9 Å². The molecule has 4 heteroatoms. The Bertz CT molecular complexity index is 222. The van der Waals surface area contributed by atoms with Crippen molar-refractivity contribution in [2.75, 3.05) is 18.4 Å². The van der Waals surface area contributed by atoms with Crippen molar-refractivity contribution in [2.45, 2.75) is 6.42 Å². The van der Waals surface area contributed by atoms with Gasteiger partial charge in [-0.2, -0.15) is 5.10 Å². The lowest BCUT2D eigenvalue weighted by Gasteiger charge is -2.02. The fourth-order valence-corrected chi connectivity index (χ4v) is 1.34. The third-order valence-electron chi connectivity index (χ3n) is 1.75. The van der Waals surface area contributed by atoms with E-state index in [2.05, 4.69) is 32.4 Å². The van der Waals surface area contributed by atoms with Crippen LogP contribution in [0.4, 0.5) is 0 Å². The lowest BCUT2D eigenvalue weighted by Crippen LogP contribution is -2.20. The molecule has 68 valence electrons. The van der Waals surface area contributed by atoms with Crippen LogP contribution in [0.2, 0.25) is 0 Å². The van der Waals surface area contributed by atoms with Gasteiger partial charge in [0.15, 0.2) is 0 Å². The molecule has 0 spiro atoms. The van der Waals surface area contributed by atoms with Crippen molar-refractivity contribution in [3.8, 4) is 0 Å². The minimum Gasteiger partial charge on any atom is -0.316 e. The molecule has 0 fully saturated rings. The summed E-state index contributed by atoms with van der Waals surface area (Å²) in [6, 6.07) is 2.05. The number of nitrogens with zero attached hydrogens (tertiary/aromatic N) is 2. The molecule has 0 atom stereocenters. The first kappa shape index (κ1) is 9.74. The molecule has 0 unspecified atom stereocenters. The lowest BCUT2D eigenvalue weighted by atomic mass is 10.3. The highest BCUT2D eigenvalue weighted by molar-refractivity contribution is 9.09. The largest absolute Gasteiger partial charge is 0.316 e. The molecule has 0 amide bonds. The maximum absolute atomic E-state index is 4.10. The average molecular weight is 232 g/mol. The highest BCUT2D eigenvalue weighted by Crippen LogP contribution is 1.95. The van der Waals surface area contributed by atoms with Gasteiger partial charge in [-0.15, -0.1) is 0 Å². The van der Waals surface area contributed by atoms with Gasteiger partial charge in [0.05, 0.1) is 0 Å². The Balaban J connectivity index is 2.20. The number of aryl methyl sites for hydroxylation is 1. The third kappa shape index (κ3) is 2.95. The smallest absolute Gasteiger partial charge is 0.0492 e. The van der Waals surface area contributed by atoms with Crippen LogP contribution in [0.25, 0.3) is 0 Å². The van der Waals surface area contributed by atoms with Gasteiger partial charge in [0, 0.05) is 43.8 Å². The first-order valence-corrected chi connectivity index (χ1v) is 5.20. The fraction of sp³-hybridized carbons (Fsp3) is 0.625. The van der Waals surface area contributed by atoms with Gasteiger partial charge in [-0.25, -0.2) is 0 Å². The molecule has 0 aliphatic heterocycles. The van der Waals surface area contributed by atoms with E-state index in [1.54, 1.807) is 0 Å². The van der Waals surface area contributed by atoms with Gasteiger partial charge in [0.1, 0.15) is 0 Å². The van der Waals surface area contributed by atoms with Crippen LogP contribution in [-0.2, 0) is 13.5 Å². The van der Waals surface area contributed by atoms with E-state index in [9.17, 15) is 0 Å². The second kappa shape index (κ2) is 5.32. The zero-order chi connectivity index (χ0) is 8.81. The fourth-order valence-electron chi connectivity index (χ4n) is 1.05.